The molecule has 13 nitrogen and oxygen atoms in total. The van der Waals surface area contributed by atoms with Crippen LogP contribution in [0, 0.1) is 0 Å². The molecule has 2 aliphatic heterocycles. The number of aliphatic hydroxyl groups excluding tert-OH is 6. The number of rotatable bonds is 18. The Bertz CT molecular complexity index is 767. The molecule has 0 aromatic carbocycles. The Morgan fingerprint density at radius 2 is 1.29 bits per heavy atom. The minimum atomic E-state index is -2.29. The van der Waals surface area contributed by atoms with E-state index in [1.54, 1.807) is 0 Å². The molecule has 6 N–H and O–H groups in total. The third-order valence-corrected chi connectivity index (χ3v) is 7.46. The Labute approximate surface area is 241 Å². The number of unbranched alkanes of at least 4 members (excludes halogenated alkanes) is 8. The quantitative estimate of drug-likeness (QED) is 0.0943. The van der Waals surface area contributed by atoms with Gasteiger partial charge in [-0.1, -0.05) is 65.2 Å². The predicted molar refractivity (Wildman–Crippen MR) is 143 cm³/mol. The third-order valence-electron chi connectivity index (χ3n) is 7.46. The summed E-state index contributed by atoms with van der Waals surface area (Å²) in [6.45, 7) is 2.47. The van der Waals surface area contributed by atoms with E-state index in [9.17, 15) is 40.2 Å². The molecular weight excluding hydrogens is 544 g/mol. The van der Waals surface area contributed by atoms with Gasteiger partial charge in [-0.15, -0.1) is 0 Å². The fraction of sp³-hybridized carbons (Fsp3) is 0.929. The van der Waals surface area contributed by atoms with Crippen molar-refractivity contribution in [2.75, 3.05) is 19.8 Å². The summed E-state index contributed by atoms with van der Waals surface area (Å²) in [5.74, 6) is -3.42. The highest BCUT2D eigenvalue weighted by Gasteiger charge is 2.56. The standard InChI is InChI=1S/C28H50O13/c1-3-5-7-9-11-13-20(30)37-16-19-23(33)24(34)25(35)27(40-19)41-28(26(36)22(32)18(29)15-39-28)17-38-21(31)14-12-10-8-6-4-2/h18-19,22-27,29,32-36H,3-17H2,1-2H3/t18-,19-,22-,23-,24+,25-,26+,27-,28+/m1/s1. The molecule has 0 aromatic rings. The van der Waals surface area contributed by atoms with Crippen LogP contribution in [0.25, 0.3) is 0 Å². The monoisotopic (exact) mass is 594 g/mol. The van der Waals surface area contributed by atoms with Crippen molar-refractivity contribution in [3.8, 4) is 0 Å². The Balaban J connectivity index is 2.03. The van der Waals surface area contributed by atoms with Gasteiger partial charge in [-0.3, -0.25) is 9.59 Å². The molecule has 0 aliphatic carbocycles. The summed E-state index contributed by atoms with van der Waals surface area (Å²) in [6, 6.07) is 0. The molecule has 0 radical (unpaired) electrons. The molecule has 2 saturated heterocycles. The highest BCUT2D eigenvalue weighted by Crippen LogP contribution is 2.33. The summed E-state index contributed by atoms with van der Waals surface area (Å²) < 4.78 is 27.3. The fourth-order valence-electron chi connectivity index (χ4n) is 4.74. The van der Waals surface area contributed by atoms with Crippen LogP contribution in [0.2, 0.25) is 0 Å². The first-order chi connectivity index (χ1) is 19.6. The summed E-state index contributed by atoms with van der Waals surface area (Å²) in [5, 5.41) is 62.5. The number of carbonyl (C=O) groups is 2. The van der Waals surface area contributed by atoms with Gasteiger partial charge < -0.3 is 54.3 Å². The van der Waals surface area contributed by atoms with Crippen molar-refractivity contribution in [2.24, 2.45) is 0 Å². The average Bonchev–Trinajstić information content (AvgIpc) is 2.96. The largest absolute Gasteiger partial charge is 0.463 e. The SMILES string of the molecule is CCCCCCCC(=O)OC[C@H]1O[C@H](O[C@]2(COC(=O)CCCCCCC)OC[C@@H](O)[C@@H](O)[C@@H]2O)[C@H](O)[C@@H](O)[C@@H]1O. The second kappa shape index (κ2) is 18.3. The predicted octanol–water partition coefficient (Wildman–Crippen LogP) is 0.427. The van der Waals surface area contributed by atoms with E-state index in [4.69, 9.17) is 23.7 Å². The first-order valence-electron chi connectivity index (χ1n) is 14.9. The molecule has 9 atom stereocenters. The van der Waals surface area contributed by atoms with E-state index in [0.29, 0.717) is 12.8 Å². The Morgan fingerprint density at radius 1 is 0.732 bits per heavy atom. The number of hydrogen-bond acceptors (Lipinski definition) is 13. The maximum atomic E-state index is 12.4. The van der Waals surface area contributed by atoms with Crippen LogP contribution in [0.1, 0.15) is 90.9 Å². The van der Waals surface area contributed by atoms with E-state index >= 15 is 0 Å². The molecule has 2 fully saturated rings. The molecule has 0 saturated carbocycles. The van der Waals surface area contributed by atoms with Crippen LogP contribution >= 0.6 is 0 Å². The summed E-state index contributed by atoms with van der Waals surface area (Å²) in [6.07, 6.45) is -4.14. The van der Waals surface area contributed by atoms with Gasteiger partial charge in [0.05, 0.1) is 6.61 Å². The molecule has 41 heavy (non-hydrogen) atoms. The van der Waals surface area contributed by atoms with Gasteiger partial charge in [0.25, 0.3) is 0 Å². The van der Waals surface area contributed by atoms with Crippen LogP contribution in [0.5, 0.6) is 0 Å². The zero-order chi connectivity index (χ0) is 30.4. The normalized spacial score (nSPS) is 33.9. The molecule has 2 rings (SSSR count). The van der Waals surface area contributed by atoms with E-state index in [2.05, 4.69) is 13.8 Å². The zero-order valence-corrected chi connectivity index (χ0v) is 24.3. The molecule has 2 heterocycles. The van der Waals surface area contributed by atoms with Gasteiger partial charge in [-0.2, -0.15) is 0 Å². The highest BCUT2D eigenvalue weighted by atomic mass is 16.8. The number of esters is 2. The van der Waals surface area contributed by atoms with Crippen LogP contribution < -0.4 is 0 Å². The van der Waals surface area contributed by atoms with Crippen LogP contribution in [0.4, 0.5) is 0 Å². The summed E-state index contributed by atoms with van der Waals surface area (Å²) in [4.78, 5) is 24.5. The molecule has 240 valence electrons. The summed E-state index contributed by atoms with van der Waals surface area (Å²) in [5.41, 5.74) is 0. The lowest BCUT2D eigenvalue weighted by atomic mass is 9.96. The molecule has 0 bridgehead atoms. The Hall–Kier alpha value is -1.42. The lowest BCUT2D eigenvalue weighted by Crippen LogP contribution is -2.68. The van der Waals surface area contributed by atoms with Gasteiger partial charge in [0.15, 0.2) is 6.29 Å². The summed E-state index contributed by atoms with van der Waals surface area (Å²) >= 11 is 0. The van der Waals surface area contributed by atoms with Gasteiger partial charge in [0.2, 0.25) is 5.79 Å². The topological polar surface area (TPSA) is 202 Å². The first-order valence-corrected chi connectivity index (χ1v) is 14.9. The van der Waals surface area contributed by atoms with Crippen molar-refractivity contribution >= 4 is 11.9 Å². The second-order valence-electron chi connectivity index (χ2n) is 10.9. The average molecular weight is 595 g/mol. The molecule has 0 unspecified atom stereocenters. The molecule has 0 spiro atoms. The van der Waals surface area contributed by atoms with Gasteiger partial charge >= 0.3 is 11.9 Å². The van der Waals surface area contributed by atoms with E-state index in [0.717, 1.165) is 51.4 Å². The van der Waals surface area contributed by atoms with E-state index in [1.165, 1.54) is 0 Å². The lowest BCUT2D eigenvalue weighted by molar-refractivity contribution is -0.415. The first kappa shape index (κ1) is 35.8. The molecule has 0 aromatic heterocycles. The maximum absolute atomic E-state index is 12.4. The molecule has 0 amide bonds. The van der Waals surface area contributed by atoms with Crippen molar-refractivity contribution in [3.05, 3.63) is 0 Å². The van der Waals surface area contributed by atoms with Crippen molar-refractivity contribution in [1.29, 1.82) is 0 Å². The Kier molecular flexibility index (Phi) is 16.0. The third kappa shape index (κ3) is 11.0. The van der Waals surface area contributed by atoms with E-state index < -0.39 is 86.6 Å². The van der Waals surface area contributed by atoms with Gasteiger partial charge in [-0.25, -0.2) is 0 Å². The van der Waals surface area contributed by atoms with Crippen molar-refractivity contribution in [1.82, 2.24) is 0 Å². The number of aliphatic hydroxyl groups is 6. The van der Waals surface area contributed by atoms with Gasteiger partial charge in [0.1, 0.15) is 55.9 Å². The van der Waals surface area contributed by atoms with Crippen molar-refractivity contribution in [2.45, 2.75) is 146 Å². The van der Waals surface area contributed by atoms with E-state index in [1.807, 2.05) is 0 Å². The van der Waals surface area contributed by atoms with Crippen LogP contribution in [0.15, 0.2) is 0 Å². The molecule has 13 heteroatoms. The van der Waals surface area contributed by atoms with Gasteiger partial charge in [0, 0.05) is 12.8 Å². The Morgan fingerprint density at radius 3 is 1.88 bits per heavy atom. The van der Waals surface area contributed by atoms with Crippen LogP contribution in [-0.2, 0) is 33.3 Å². The van der Waals surface area contributed by atoms with Gasteiger partial charge in [-0.05, 0) is 12.8 Å². The molecular formula is C28H50O13. The van der Waals surface area contributed by atoms with E-state index in [-0.39, 0.29) is 12.8 Å². The number of ether oxygens (including phenoxy) is 5. The van der Waals surface area contributed by atoms with Crippen molar-refractivity contribution in [3.63, 3.8) is 0 Å². The highest BCUT2D eigenvalue weighted by molar-refractivity contribution is 5.69. The number of hydrogen-bond donors (Lipinski definition) is 6. The fourth-order valence-corrected chi connectivity index (χ4v) is 4.74. The molecule has 2 aliphatic rings. The smallest absolute Gasteiger partial charge is 0.305 e. The summed E-state index contributed by atoms with van der Waals surface area (Å²) in [7, 11) is 0. The number of carbonyl (C=O) groups excluding carboxylic acids is 2. The lowest BCUT2D eigenvalue weighted by Gasteiger charge is -2.48. The maximum Gasteiger partial charge on any atom is 0.305 e. The minimum absolute atomic E-state index is 0.0978. The van der Waals surface area contributed by atoms with Crippen molar-refractivity contribution < 1.29 is 63.9 Å². The van der Waals surface area contributed by atoms with Crippen LogP contribution in [-0.4, -0.2) is 117 Å². The second-order valence-corrected chi connectivity index (χ2v) is 10.9. The zero-order valence-electron chi connectivity index (χ0n) is 24.3. The van der Waals surface area contributed by atoms with Crippen LogP contribution in [0.3, 0.4) is 0 Å². The minimum Gasteiger partial charge on any atom is -0.463 e.